The molecule has 1 aliphatic carbocycles. The molecule has 4 nitrogen and oxygen atoms in total. The SMILES string of the molecule is COCOc1c(B(O)O)ccc2c1C(C)(C)CCC2(C)C. The second-order valence-electron chi connectivity index (χ2n) is 7.10. The molecule has 2 rings (SSSR count). The van der Waals surface area contributed by atoms with Gasteiger partial charge in [0.25, 0.3) is 0 Å². The zero-order valence-electron chi connectivity index (χ0n) is 13.6. The van der Waals surface area contributed by atoms with Crippen LogP contribution >= 0.6 is 0 Å². The lowest BCUT2D eigenvalue weighted by Crippen LogP contribution is -2.39. The Bertz CT molecular complexity index is 523. The molecule has 0 radical (unpaired) electrons. The van der Waals surface area contributed by atoms with Crippen LogP contribution in [0.1, 0.15) is 51.7 Å². The Kier molecular flexibility index (Phi) is 4.38. The summed E-state index contributed by atoms with van der Waals surface area (Å²) in [5.74, 6) is 0.558. The number of ether oxygens (including phenoxy) is 2. The van der Waals surface area contributed by atoms with Crippen molar-refractivity contribution in [2.24, 2.45) is 0 Å². The Balaban J connectivity index is 2.69. The number of hydrogen-bond acceptors (Lipinski definition) is 4. The highest BCUT2D eigenvalue weighted by atomic mass is 16.7. The summed E-state index contributed by atoms with van der Waals surface area (Å²) < 4.78 is 10.7. The summed E-state index contributed by atoms with van der Waals surface area (Å²) in [6, 6.07) is 3.75. The molecular formula is C16H25BO4. The highest BCUT2D eigenvalue weighted by molar-refractivity contribution is 6.59. The smallest absolute Gasteiger partial charge is 0.468 e. The van der Waals surface area contributed by atoms with Crippen LogP contribution in [0.25, 0.3) is 0 Å². The summed E-state index contributed by atoms with van der Waals surface area (Å²) in [7, 11) is 0.00229. The molecule has 0 unspecified atom stereocenters. The first kappa shape index (κ1) is 16.3. The molecule has 0 atom stereocenters. The van der Waals surface area contributed by atoms with E-state index in [1.54, 1.807) is 13.2 Å². The molecule has 0 aliphatic heterocycles. The van der Waals surface area contributed by atoms with E-state index in [0.717, 1.165) is 18.4 Å². The van der Waals surface area contributed by atoms with E-state index in [9.17, 15) is 10.0 Å². The molecular weight excluding hydrogens is 267 g/mol. The minimum Gasteiger partial charge on any atom is -0.468 e. The van der Waals surface area contributed by atoms with E-state index in [1.165, 1.54) is 5.56 Å². The third kappa shape index (κ3) is 2.96. The highest BCUT2D eigenvalue weighted by Crippen LogP contribution is 2.48. The first-order chi connectivity index (χ1) is 9.70. The lowest BCUT2D eigenvalue weighted by Gasteiger charge is -2.43. The lowest BCUT2D eigenvalue weighted by molar-refractivity contribution is 0.0497. The molecule has 116 valence electrons. The average Bonchev–Trinajstić information content (AvgIpc) is 2.40. The molecule has 1 aromatic carbocycles. The molecule has 0 fully saturated rings. The zero-order valence-corrected chi connectivity index (χ0v) is 13.6. The van der Waals surface area contributed by atoms with Gasteiger partial charge in [-0.05, 0) is 29.2 Å². The van der Waals surface area contributed by atoms with Gasteiger partial charge in [-0.2, -0.15) is 0 Å². The van der Waals surface area contributed by atoms with Crippen LogP contribution in [0, 0.1) is 0 Å². The molecule has 0 bridgehead atoms. The number of hydrogen-bond donors (Lipinski definition) is 2. The van der Waals surface area contributed by atoms with Crippen LogP contribution in [0.3, 0.4) is 0 Å². The predicted octanol–water partition coefficient (Wildman–Crippen LogP) is 1.70. The van der Waals surface area contributed by atoms with E-state index in [0.29, 0.717) is 11.2 Å². The normalized spacial score (nSPS) is 19.0. The standard InChI is InChI=1S/C16H25BO4/c1-15(2)8-9-16(3,4)13-11(15)6-7-12(17(18)19)14(13)21-10-20-5/h6-7,18-19H,8-10H2,1-5H3. The Morgan fingerprint density at radius 3 is 2.29 bits per heavy atom. The molecule has 0 saturated carbocycles. The quantitative estimate of drug-likeness (QED) is 0.655. The van der Waals surface area contributed by atoms with Gasteiger partial charge >= 0.3 is 7.12 Å². The Hall–Kier alpha value is -1.04. The largest absolute Gasteiger partial charge is 0.492 e. The Morgan fingerprint density at radius 1 is 1.10 bits per heavy atom. The van der Waals surface area contributed by atoms with Gasteiger partial charge in [0.2, 0.25) is 0 Å². The molecule has 0 amide bonds. The fourth-order valence-corrected chi connectivity index (χ4v) is 3.20. The predicted molar refractivity (Wildman–Crippen MR) is 84.1 cm³/mol. The maximum Gasteiger partial charge on any atom is 0.492 e. The second-order valence-corrected chi connectivity index (χ2v) is 7.10. The summed E-state index contributed by atoms with van der Waals surface area (Å²) in [4.78, 5) is 0. The van der Waals surface area contributed by atoms with E-state index in [1.807, 2.05) is 6.07 Å². The Morgan fingerprint density at radius 2 is 1.71 bits per heavy atom. The molecule has 5 heteroatoms. The van der Waals surface area contributed by atoms with E-state index < -0.39 is 7.12 Å². The van der Waals surface area contributed by atoms with Crippen molar-refractivity contribution in [3.63, 3.8) is 0 Å². The summed E-state index contributed by atoms with van der Waals surface area (Å²) in [5, 5.41) is 19.3. The van der Waals surface area contributed by atoms with E-state index in [4.69, 9.17) is 9.47 Å². The van der Waals surface area contributed by atoms with Crippen LogP contribution in [-0.2, 0) is 15.6 Å². The van der Waals surface area contributed by atoms with Gasteiger partial charge in [-0.15, -0.1) is 0 Å². The molecule has 0 heterocycles. The average molecular weight is 292 g/mol. The fraction of sp³-hybridized carbons (Fsp3) is 0.625. The summed E-state index contributed by atoms with van der Waals surface area (Å²) in [5.41, 5.74) is 2.67. The van der Waals surface area contributed by atoms with Crippen molar-refractivity contribution in [1.29, 1.82) is 0 Å². The van der Waals surface area contributed by atoms with E-state index in [2.05, 4.69) is 27.7 Å². The third-order valence-corrected chi connectivity index (χ3v) is 4.57. The van der Waals surface area contributed by atoms with Gasteiger partial charge in [0.1, 0.15) is 5.75 Å². The number of fused-ring (bicyclic) bond motifs is 1. The monoisotopic (exact) mass is 292 g/mol. The summed E-state index contributed by atoms with van der Waals surface area (Å²) in [6.45, 7) is 8.88. The minimum absolute atomic E-state index is 0.0506. The van der Waals surface area contributed by atoms with Crippen LogP contribution in [0.5, 0.6) is 5.75 Å². The number of benzene rings is 1. The number of rotatable bonds is 4. The minimum atomic E-state index is -1.55. The first-order valence-corrected chi connectivity index (χ1v) is 7.36. The first-order valence-electron chi connectivity index (χ1n) is 7.36. The third-order valence-electron chi connectivity index (χ3n) is 4.57. The van der Waals surface area contributed by atoms with Crippen molar-refractivity contribution in [3.05, 3.63) is 23.3 Å². The van der Waals surface area contributed by atoms with E-state index >= 15 is 0 Å². The molecule has 0 saturated heterocycles. The van der Waals surface area contributed by atoms with Gasteiger partial charge in [0.05, 0.1) is 0 Å². The van der Waals surface area contributed by atoms with Gasteiger partial charge in [-0.1, -0.05) is 39.8 Å². The maximum absolute atomic E-state index is 9.64. The second kappa shape index (κ2) is 5.63. The van der Waals surface area contributed by atoms with Crippen LogP contribution < -0.4 is 10.2 Å². The molecule has 21 heavy (non-hydrogen) atoms. The topological polar surface area (TPSA) is 58.9 Å². The highest BCUT2D eigenvalue weighted by Gasteiger charge is 2.41. The van der Waals surface area contributed by atoms with Gasteiger partial charge in [-0.25, -0.2) is 0 Å². The van der Waals surface area contributed by atoms with Crippen molar-refractivity contribution >= 4 is 12.6 Å². The molecule has 2 N–H and O–H groups in total. The van der Waals surface area contributed by atoms with Crippen molar-refractivity contribution in [1.82, 2.24) is 0 Å². The van der Waals surface area contributed by atoms with Crippen LogP contribution in [0.4, 0.5) is 0 Å². The van der Waals surface area contributed by atoms with Crippen molar-refractivity contribution in [2.45, 2.75) is 51.4 Å². The van der Waals surface area contributed by atoms with Gasteiger partial charge < -0.3 is 19.5 Å². The van der Waals surface area contributed by atoms with Gasteiger partial charge in [-0.3, -0.25) is 0 Å². The molecule has 0 aromatic heterocycles. The Labute approximate surface area is 127 Å². The number of methoxy groups -OCH3 is 1. The van der Waals surface area contributed by atoms with Crippen LogP contribution in [-0.4, -0.2) is 31.1 Å². The molecule has 1 aliphatic rings. The summed E-state index contributed by atoms with van der Waals surface area (Å²) in [6.07, 6.45) is 2.12. The van der Waals surface area contributed by atoms with Crippen LogP contribution in [0.2, 0.25) is 0 Å². The fourth-order valence-electron chi connectivity index (χ4n) is 3.20. The van der Waals surface area contributed by atoms with Crippen LogP contribution in [0.15, 0.2) is 12.1 Å². The van der Waals surface area contributed by atoms with E-state index in [-0.39, 0.29) is 17.6 Å². The van der Waals surface area contributed by atoms with Crippen molar-refractivity contribution in [2.75, 3.05) is 13.9 Å². The zero-order chi connectivity index (χ0) is 15.8. The lowest BCUT2D eigenvalue weighted by atomic mass is 9.61. The molecule has 1 aromatic rings. The molecule has 0 spiro atoms. The summed E-state index contributed by atoms with van der Waals surface area (Å²) >= 11 is 0. The van der Waals surface area contributed by atoms with Crippen molar-refractivity contribution < 1.29 is 19.5 Å². The van der Waals surface area contributed by atoms with Crippen molar-refractivity contribution in [3.8, 4) is 5.75 Å². The van der Waals surface area contributed by atoms with Gasteiger partial charge in [0, 0.05) is 18.1 Å². The maximum atomic E-state index is 9.64. The van der Waals surface area contributed by atoms with Gasteiger partial charge in [0.15, 0.2) is 6.79 Å².